The van der Waals surface area contributed by atoms with E-state index in [9.17, 15) is 0 Å². The maximum atomic E-state index is 6.03. The molecule has 0 saturated carbocycles. The molecule has 0 bridgehead atoms. The van der Waals surface area contributed by atoms with Crippen LogP contribution in [0.1, 0.15) is 103 Å². The number of methoxy groups -OCH3 is 1. The predicted octanol–water partition coefficient (Wildman–Crippen LogP) is 8.52. The molecule has 0 atom stereocenters. The molecule has 2 aromatic rings. The molecule has 3 rings (SSSR count). The zero-order valence-corrected chi connectivity index (χ0v) is 21.9. The van der Waals surface area contributed by atoms with Crippen molar-refractivity contribution in [3.63, 3.8) is 0 Å². The highest BCUT2D eigenvalue weighted by Gasteiger charge is 2.30. The van der Waals surface area contributed by atoms with Crippen LogP contribution >= 0.6 is 0 Å². The van der Waals surface area contributed by atoms with Crippen molar-refractivity contribution in [3.05, 3.63) is 57.2 Å². The van der Waals surface area contributed by atoms with Crippen molar-refractivity contribution in [1.29, 1.82) is 0 Å². The normalized spacial score (nSPS) is 14.5. The van der Waals surface area contributed by atoms with Crippen LogP contribution < -0.4 is 4.74 Å². The summed E-state index contributed by atoms with van der Waals surface area (Å²) >= 11 is 0. The van der Waals surface area contributed by atoms with E-state index in [0.29, 0.717) is 0 Å². The minimum Gasteiger partial charge on any atom is -0.496 e. The summed E-state index contributed by atoms with van der Waals surface area (Å²) in [5, 5.41) is 0. The standard InChI is InChI=1S/C30H42O/c1-18-13-20-15-23(28(3,4)5)19(2)26(22(20)14-18)21-16-24(29(6,7)8)27(31-12)25(17-21)30(9,10)11/h13,15-17H,14H2,1-12H3. The van der Waals surface area contributed by atoms with Crippen molar-refractivity contribution in [2.45, 2.75) is 98.8 Å². The van der Waals surface area contributed by atoms with E-state index in [1.165, 1.54) is 50.1 Å². The third-order valence-corrected chi connectivity index (χ3v) is 6.59. The molecule has 1 aliphatic rings. The van der Waals surface area contributed by atoms with Crippen LogP contribution in [0.5, 0.6) is 5.75 Å². The number of allylic oxidation sites excluding steroid dienone is 1. The fourth-order valence-electron chi connectivity index (χ4n) is 5.05. The second-order valence-electron chi connectivity index (χ2n) is 12.5. The molecular weight excluding hydrogens is 376 g/mol. The summed E-state index contributed by atoms with van der Waals surface area (Å²) in [6, 6.07) is 7.23. The second kappa shape index (κ2) is 7.54. The number of hydrogen-bond acceptors (Lipinski definition) is 1. The Hall–Kier alpha value is -2.02. The average Bonchev–Trinajstić information content (AvgIpc) is 2.97. The van der Waals surface area contributed by atoms with E-state index >= 15 is 0 Å². The number of hydrogen-bond donors (Lipinski definition) is 0. The van der Waals surface area contributed by atoms with Crippen LogP contribution in [-0.2, 0) is 22.7 Å². The SMILES string of the molecule is COc1c(C(C)(C)C)cc(-c2c(C)c(C(C)(C)C)cc3c2CC(C)=C3)cc1C(C)(C)C. The lowest BCUT2D eigenvalue weighted by atomic mass is 9.75. The Kier molecular flexibility index (Phi) is 5.75. The molecule has 0 aromatic heterocycles. The van der Waals surface area contributed by atoms with Crippen LogP contribution in [0.15, 0.2) is 23.8 Å². The molecule has 0 aliphatic heterocycles. The molecule has 0 N–H and O–H groups in total. The minimum atomic E-state index is -0.00572. The Balaban J connectivity index is 2.46. The lowest BCUT2D eigenvalue weighted by Crippen LogP contribution is -2.20. The lowest BCUT2D eigenvalue weighted by Gasteiger charge is -2.31. The molecule has 1 aliphatic carbocycles. The van der Waals surface area contributed by atoms with Gasteiger partial charge in [-0.1, -0.05) is 80.0 Å². The molecule has 0 spiro atoms. The molecule has 0 unspecified atom stereocenters. The van der Waals surface area contributed by atoms with Gasteiger partial charge in [-0.2, -0.15) is 0 Å². The van der Waals surface area contributed by atoms with Gasteiger partial charge in [-0.05, 0) is 82.0 Å². The van der Waals surface area contributed by atoms with E-state index < -0.39 is 0 Å². The molecular formula is C30H42O. The molecule has 0 saturated heterocycles. The first-order valence-electron chi connectivity index (χ1n) is 11.6. The molecule has 1 heteroatoms. The maximum Gasteiger partial charge on any atom is 0.126 e. The van der Waals surface area contributed by atoms with Crippen molar-refractivity contribution >= 4 is 6.08 Å². The molecule has 0 radical (unpaired) electrons. The van der Waals surface area contributed by atoms with Gasteiger partial charge in [0.1, 0.15) is 5.75 Å². The lowest BCUT2D eigenvalue weighted by molar-refractivity contribution is 0.381. The first-order chi connectivity index (χ1) is 14.1. The largest absolute Gasteiger partial charge is 0.496 e. The van der Waals surface area contributed by atoms with Crippen LogP contribution in [0.25, 0.3) is 17.2 Å². The Morgan fingerprint density at radius 3 is 1.61 bits per heavy atom. The Labute approximate surface area is 190 Å². The van der Waals surface area contributed by atoms with E-state index in [-0.39, 0.29) is 16.2 Å². The van der Waals surface area contributed by atoms with Crippen LogP contribution in [0, 0.1) is 6.92 Å². The number of benzene rings is 2. The van der Waals surface area contributed by atoms with Crippen molar-refractivity contribution in [3.8, 4) is 16.9 Å². The molecule has 2 aromatic carbocycles. The quantitative estimate of drug-likeness (QED) is 0.475. The van der Waals surface area contributed by atoms with Crippen LogP contribution in [-0.4, -0.2) is 7.11 Å². The smallest absolute Gasteiger partial charge is 0.126 e. The van der Waals surface area contributed by atoms with Gasteiger partial charge in [0.05, 0.1) is 7.11 Å². The van der Waals surface area contributed by atoms with Crippen molar-refractivity contribution in [2.75, 3.05) is 7.11 Å². The van der Waals surface area contributed by atoms with Gasteiger partial charge in [-0.3, -0.25) is 0 Å². The number of rotatable bonds is 2. The summed E-state index contributed by atoms with van der Waals surface area (Å²) in [6.45, 7) is 25.3. The summed E-state index contributed by atoms with van der Waals surface area (Å²) in [5.41, 5.74) is 12.6. The first-order valence-corrected chi connectivity index (χ1v) is 11.6. The van der Waals surface area contributed by atoms with Crippen LogP contribution in [0.3, 0.4) is 0 Å². The first kappa shape index (κ1) is 23.6. The zero-order valence-electron chi connectivity index (χ0n) is 21.9. The Morgan fingerprint density at radius 2 is 1.19 bits per heavy atom. The predicted molar refractivity (Wildman–Crippen MR) is 137 cm³/mol. The topological polar surface area (TPSA) is 9.23 Å². The number of ether oxygens (including phenoxy) is 1. The third-order valence-electron chi connectivity index (χ3n) is 6.59. The highest BCUT2D eigenvalue weighted by atomic mass is 16.5. The molecule has 31 heavy (non-hydrogen) atoms. The van der Waals surface area contributed by atoms with Crippen molar-refractivity contribution < 1.29 is 4.74 Å². The van der Waals surface area contributed by atoms with Crippen molar-refractivity contribution in [2.24, 2.45) is 0 Å². The second-order valence-corrected chi connectivity index (χ2v) is 12.5. The van der Waals surface area contributed by atoms with Gasteiger partial charge in [0.2, 0.25) is 0 Å². The van der Waals surface area contributed by atoms with E-state index in [0.717, 1.165) is 12.2 Å². The highest BCUT2D eigenvalue weighted by molar-refractivity contribution is 5.82. The molecule has 168 valence electrons. The monoisotopic (exact) mass is 418 g/mol. The fourth-order valence-corrected chi connectivity index (χ4v) is 5.05. The average molecular weight is 419 g/mol. The van der Waals surface area contributed by atoms with Gasteiger partial charge >= 0.3 is 0 Å². The molecule has 1 nitrogen and oxygen atoms in total. The molecule has 0 fully saturated rings. The summed E-state index contributed by atoms with van der Waals surface area (Å²) in [6.07, 6.45) is 3.42. The highest BCUT2D eigenvalue weighted by Crippen LogP contribution is 2.46. The van der Waals surface area contributed by atoms with E-state index in [4.69, 9.17) is 4.74 Å². The van der Waals surface area contributed by atoms with Gasteiger partial charge < -0.3 is 4.74 Å². The summed E-state index contributed by atoms with van der Waals surface area (Å²) in [7, 11) is 1.82. The fraction of sp³-hybridized carbons (Fsp3) is 0.533. The van der Waals surface area contributed by atoms with E-state index in [2.05, 4.69) is 100 Å². The van der Waals surface area contributed by atoms with E-state index in [1.807, 2.05) is 7.11 Å². The van der Waals surface area contributed by atoms with Gasteiger partial charge in [0, 0.05) is 11.1 Å². The van der Waals surface area contributed by atoms with Crippen LogP contribution in [0.2, 0.25) is 0 Å². The van der Waals surface area contributed by atoms with Crippen molar-refractivity contribution in [1.82, 2.24) is 0 Å². The van der Waals surface area contributed by atoms with Gasteiger partial charge in [0.25, 0.3) is 0 Å². The summed E-state index contributed by atoms with van der Waals surface area (Å²) < 4.78 is 6.03. The number of fused-ring (bicyclic) bond motifs is 1. The Bertz CT molecular complexity index is 1010. The van der Waals surface area contributed by atoms with Gasteiger partial charge in [0.15, 0.2) is 0 Å². The van der Waals surface area contributed by atoms with Gasteiger partial charge in [-0.15, -0.1) is 0 Å². The third kappa shape index (κ3) is 4.34. The maximum absolute atomic E-state index is 6.03. The Morgan fingerprint density at radius 1 is 0.710 bits per heavy atom. The summed E-state index contributed by atoms with van der Waals surface area (Å²) in [4.78, 5) is 0. The molecule has 0 heterocycles. The van der Waals surface area contributed by atoms with Crippen LogP contribution in [0.4, 0.5) is 0 Å². The van der Waals surface area contributed by atoms with Gasteiger partial charge in [-0.25, -0.2) is 0 Å². The zero-order chi connectivity index (χ0) is 23.5. The van der Waals surface area contributed by atoms with E-state index in [1.54, 1.807) is 0 Å². The minimum absolute atomic E-state index is 0.00572. The summed E-state index contributed by atoms with van der Waals surface area (Å²) in [5.74, 6) is 1.04. The molecule has 0 amide bonds.